The van der Waals surface area contributed by atoms with Crippen molar-refractivity contribution in [1.82, 2.24) is 0 Å². The number of hydrogen-bond donors (Lipinski definition) is 0. The molecule has 0 fully saturated rings. The third-order valence-electron chi connectivity index (χ3n) is 4.40. The molecule has 0 radical (unpaired) electrons. The van der Waals surface area contributed by atoms with Gasteiger partial charge in [-0.05, 0) is 56.5 Å². The van der Waals surface area contributed by atoms with Crippen LogP contribution in [-0.4, -0.2) is 32.1 Å². The summed E-state index contributed by atoms with van der Waals surface area (Å²) in [6.07, 6.45) is 7.24. The molecule has 1 rings (SSSR count). The number of hydrogen-bond acceptors (Lipinski definition) is 3. The summed E-state index contributed by atoms with van der Waals surface area (Å²) in [5, 5.41) is 0.508. The summed E-state index contributed by atoms with van der Waals surface area (Å²) < 4.78 is 14.8. The first kappa shape index (κ1) is 24.6. The Labute approximate surface area is 179 Å². The SMILES string of the molecule is C=C(/C(C(=NCC=O)c1cc(Cl)ccc1N(C)CCC)=C(\C)F)C(/C=C\C)=C/C. The summed E-state index contributed by atoms with van der Waals surface area (Å²) in [6.45, 7) is 12.1. The van der Waals surface area contributed by atoms with Crippen LogP contribution in [0.15, 0.2) is 70.5 Å². The van der Waals surface area contributed by atoms with Crippen LogP contribution in [0.2, 0.25) is 5.02 Å². The molecule has 156 valence electrons. The maximum absolute atomic E-state index is 14.8. The molecule has 0 saturated heterocycles. The van der Waals surface area contributed by atoms with E-state index in [1.54, 1.807) is 12.1 Å². The van der Waals surface area contributed by atoms with Crippen LogP contribution in [0.1, 0.15) is 39.7 Å². The third-order valence-corrected chi connectivity index (χ3v) is 4.63. The topological polar surface area (TPSA) is 32.7 Å². The van der Waals surface area contributed by atoms with Gasteiger partial charge in [0, 0.05) is 35.4 Å². The van der Waals surface area contributed by atoms with Gasteiger partial charge < -0.3 is 9.69 Å². The van der Waals surface area contributed by atoms with Crippen LogP contribution in [-0.2, 0) is 4.79 Å². The van der Waals surface area contributed by atoms with Crippen LogP contribution in [0, 0.1) is 0 Å². The highest BCUT2D eigenvalue weighted by Gasteiger charge is 2.22. The van der Waals surface area contributed by atoms with E-state index in [1.807, 2.05) is 45.2 Å². The second-order valence-corrected chi connectivity index (χ2v) is 7.01. The van der Waals surface area contributed by atoms with Gasteiger partial charge in [-0.3, -0.25) is 4.99 Å². The first-order chi connectivity index (χ1) is 13.8. The van der Waals surface area contributed by atoms with Gasteiger partial charge in [-0.2, -0.15) is 0 Å². The van der Waals surface area contributed by atoms with Crippen molar-refractivity contribution in [1.29, 1.82) is 0 Å². The Kier molecular flexibility index (Phi) is 10.3. The van der Waals surface area contributed by atoms with Gasteiger partial charge in [0.25, 0.3) is 0 Å². The molecule has 1 aromatic rings. The number of carbonyl (C=O) groups is 1. The summed E-state index contributed by atoms with van der Waals surface area (Å²) in [5.74, 6) is -0.424. The van der Waals surface area contributed by atoms with Crippen LogP contribution in [0.5, 0.6) is 0 Å². The summed E-state index contributed by atoms with van der Waals surface area (Å²) in [6, 6.07) is 5.44. The molecule has 0 unspecified atom stereocenters. The first-order valence-electron chi connectivity index (χ1n) is 9.66. The van der Waals surface area contributed by atoms with Crippen LogP contribution in [0.4, 0.5) is 10.1 Å². The fraction of sp³-hybridized carbons (Fsp3) is 0.333. The van der Waals surface area contributed by atoms with Crippen molar-refractivity contribution in [3.63, 3.8) is 0 Å². The molecule has 1 aromatic carbocycles. The second-order valence-electron chi connectivity index (χ2n) is 6.57. The molecule has 3 nitrogen and oxygen atoms in total. The fourth-order valence-corrected chi connectivity index (χ4v) is 3.30. The summed E-state index contributed by atoms with van der Waals surface area (Å²) in [4.78, 5) is 17.6. The van der Waals surface area contributed by atoms with E-state index in [-0.39, 0.29) is 12.1 Å². The van der Waals surface area contributed by atoms with Gasteiger partial charge >= 0.3 is 0 Å². The molecule has 0 aliphatic carbocycles. The Morgan fingerprint density at radius 2 is 2.03 bits per heavy atom. The smallest absolute Gasteiger partial charge is 0.141 e. The molecule has 0 saturated carbocycles. The lowest BCUT2D eigenvalue weighted by atomic mass is 9.90. The van der Waals surface area contributed by atoms with Gasteiger partial charge in [-0.25, -0.2) is 4.39 Å². The Hall–Kier alpha value is -2.46. The Balaban J connectivity index is 3.79. The van der Waals surface area contributed by atoms with Gasteiger partial charge in [-0.1, -0.05) is 43.3 Å². The van der Waals surface area contributed by atoms with E-state index in [0.29, 0.717) is 28.2 Å². The van der Waals surface area contributed by atoms with Gasteiger partial charge in [0.05, 0.1) is 12.3 Å². The maximum Gasteiger partial charge on any atom is 0.141 e. The Bertz CT molecular complexity index is 862. The number of anilines is 1. The minimum atomic E-state index is -0.424. The molecule has 0 N–H and O–H groups in total. The van der Waals surface area contributed by atoms with Crippen molar-refractivity contribution in [2.24, 2.45) is 4.99 Å². The van der Waals surface area contributed by atoms with E-state index in [0.717, 1.165) is 24.2 Å². The quantitative estimate of drug-likeness (QED) is 0.248. The van der Waals surface area contributed by atoms with Crippen LogP contribution >= 0.6 is 11.6 Å². The van der Waals surface area contributed by atoms with E-state index >= 15 is 0 Å². The monoisotopic (exact) mass is 416 g/mol. The zero-order valence-corrected chi connectivity index (χ0v) is 18.7. The van der Waals surface area contributed by atoms with Gasteiger partial charge in [0.2, 0.25) is 0 Å². The lowest BCUT2D eigenvalue weighted by Crippen LogP contribution is -2.22. The number of carbonyl (C=O) groups excluding carboxylic acids is 1. The zero-order chi connectivity index (χ0) is 22.0. The predicted molar refractivity (Wildman–Crippen MR) is 124 cm³/mol. The molecule has 0 bridgehead atoms. The van der Waals surface area contributed by atoms with Gasteiger partial charge in [0.1, 0.15) is 12.1 Å². The number of rotatable bonds is 10. The molecule has 29 heavy (non-hydrogen) atoms. The largest absolute Gasteiger partial charge is 0.374 e. The fourth-order valence-electron chi connectivity index (χ4n) is 3.12. The molecule has 0 aliphatic heterocycles. The molecule has 5 heteroatoms. The van der Waals surface area contributed by atoms with E-state index in [4.69, 9.17) is 11.6 Å². The highest BCUT2D eigenvalue weighted by molar-refractivity contribution is 6.31. The number of allylic oxidation sites excluding steroid dienone is 7. The highest BCUT2D eigenvalue weighted by Crippen LogP contribution is 2.32. The van der Waals surface area contributed by atoms with Crippen molar-refractivity contribution in [3.8, 4) is 0 Å². The normalized spacial score (nSPS) is 13.5. The van der Waals surface area contributed by atoms with Crippen molar-refractivity contribution in [2.75, 3.05) is 25.0 Å². The van der Waals surface area contributed by atoms with Crippen molar-refractivity contribution < 1.29 is 9.18 Å². The number of aldehydes is 1. The lowest BCUT2D eigenvalue weighted by molar-refractivity contribution is -0.106. The summed E-state index contributed by atoms with van der Waals surface area (Å²) in [5.41, 5.74) is 3.45. The standard InChI is InChI=1S/C24H30ClFN2O/c1-7-10-19(9-3)17(4)23(18(5)26)24(27-13-15-29)21-16-20(25)11-12-22(21)28(6)14-8-2/h7,9-12,15-16H,4,8,13-14H2,1-3,5-6H3/b10-7-,19-9+,23-18-,27-24?. The maximum atomic E-state index is 14.8. The molecule has 0 amide bonds. The van der Waals surface area contributed by atoms with Crippen molar-refractivity contribution in [3.05, 3.63) is 76.1 Å². The summed E-state index contributed by atoms with van der Waals surface area (Å²) >= 11 is 6.28. The Morgan fingerprint density at radius 3 is 2.55 bits per heavy atom. The molecule has 0 aliphatic rings. The first-order valence-corrected chi connectivity index (χ1v) is 10.0. The Morgan fingerprint density at radius 1 is 1.34 bits per heavy atom. The molecular formula is C24H30ClFN2O. The van der Waals surface area contributed by atoms with Gasteiger partial charge in [-0.15, -0.1) is 0 Å². The van der Waals surface area contributed by atoms with Crippen LogP contribution < -0.4 is 4.90 Å². The zero-order valence-electron chi connectivity index (χ0n) is 17.9. The summed E-state index contributed by atoms with van der Waals surface area (Å²) in [7, 11) is 1.96. The number of aliphatic imine (C=N–C) groups is 1. The number of benzene rings is 1. The molecule has 0 atom stereocenters. The second kappa shape index (κ2) is 12.2. The molecule has 0 spiro atoms. The van der Waals surface area contributed by atoms with Gasteiger partial charge in [0.15, 0.2) is 0 Å². The van der Waals surface area contributed by atoms with Crippen LogP contribution in [0.25, 0.3) is 0 Å². The molecular weight excluding hydrogens is 387 g/mol. The van der Waals surface area contributed by atoms with E-state index in [9.17, 15) is 9.18 Å². The van der Waals surface area contributed by atoms with Crippen molar-refractivity contribution in [2.45, 2.75) is 34.1 Å². The minimum Gasteiger partial charge on any atom is -0.374 e. The minimum absolute atomic E-state index is 0.0857. The third kappa shape index (κ3) is 6.53. The lowest BCUT2D eigenvalue weighted by Gasteiger charge is -2.24. The predicted octanol–water partition coefficient (Wildman–Crippen LogP) is 6.50. The number of nitrogens with zero attached hydrogens (tertiary/aromatic N) is 2. The van der Waals surface area contributed by atoms with E-state index in [2.05, 4.69) is 23.4 Å². The number of halogens is 2. The highest BCUT2D eigenvalue weighted by atomic mass is 35.5. The molecule has 0 heterocycles. The van der Waals surface area contributed by atoms with Crippen molar-refractivity contribution >= 4 is 29.3 Å². The van der Waals surface area contributed by atoms with E-state index < -0.39 is 5.83 Å². The average Bonchev–Trinajstić information content (AvgIpc) is 2.68. The average molecular weight is 417 g/mol. The van der Waals surface area contributed by atoms with E-state index in [1.165, 1.54) is 6.92 Å². The van der Waals surface area contributed by atoms with Crippen LogP contribution in [0.3, 0.4) is 0 Å². The molecule has 0 aromatic heterocycles.